The lowest BCUT2D eigenvalue weighted by Gasteiger charge is -2.23. The van der Waals surface area contributed by atoms with Gasteiger partial charge in [-0.25, -0.2) is 0 Å². The summed E-state index contributed by atoms with van der Waals surface area (Å²) in [7, 11) is 0. The smallest absolute Gasteiger partial charge is 0.0386 e. The van der Waals surface area contributed by atoms with Crippen LogP contribution in [0, 0.1) is 12.0 Å². The second kappa shape index (κ2) is 5.03. The molecule has 2 nitrogen and oxygen atoms in total. The third-order valence-corrected chi connectivity index (χ3v) is 1.73. The predicted molar refractivity (Wildman–Crippen MR) is 47.1 cm³/mol. The Balaban J connectivity index is 2.19. The van der Waals surface area contributed by atoms with Gasteiger partial charge in [0, 0.05) is 38.6 Å². The molecule has 11 heavy (non-hydrogen) atoms. The molecule has 0 bridgehead atoms. The molecule has 0 aromatic rings. The molecule has 1 N–H and O–H groups in total. The molecule has 62 valence electrons. The molecule has 0 aliphatic carbocycles. The number of nitrogens with one attached hydrogen (secondary N) is 1. The fraction of sp³-hybridized carbons (Fsp3) is 0.778. The molecule has 1 aliphatic heterocycles. The molecule has 0 amide bonds. The first-order valence-electron chi connectivity index (χ1n) is 4.37. The van der Waals surface area contributed by atoms with Gasteiger partial charge < -0.3 is 10.2 Å². The highest BCUT2D eigenvalue weighted by atomic mass is 15.2. The van der Waals surface area contributed by atoms with Crippen LogP contribution in [0.25, 0.3) is 0 Å². The molecule has 0 aromatic carbocycles. The highest BCUT2D eigenvalue weighted by molar-refractivity contribution is 4.99. The Hall–Kier alpha value is -0.680. The third kappa shape index (κ3) is 3.29. The van der Waals surface area contributed by atoms with Crippen LogP contribution in [0.2, 0.25) is 0 Å². The Morgan fingerprint density at radius 3 is 2.73 bits per heavy atom. The van der Waals surface area contributed by atoms with Crippen molar-refractivity contribution in [1.82, 2.24) is 10.2 Å². The fourth-order valence-corrected chi connectivity index (χ4v) is 1.07. The van der Waals surface area contributed by atoms with Gasteiger partial charge in [0.1, 0.15) is 0 Å². The van der Waals surface area contributed by atoms with Gasteiger partial charge in [-0.1, -0.05) is 12.8 Å². The topological polar surface area (TPSA) is 15.3 Å². The van der Waals surface area contributed by atoms with Gasteiger partial charge in [0.15, 0.2) is 0 Å². The van der Waals surface area contributed by atoms with Crippen molar-refractivity contribution in [1.29, 1.82) is 0 Å². The summed E-state index contributed by atoms with van der Waals surface area (Å²) in [6, 6.07) is 3.17. The molecular weight excluding hydrogens is 136 g/mol. The maximum absolute atomic E-state index is 3.30. The Bertz CT molecular complexity index is 149. The van der Waals surface area contributed by atoms with Crippen molar-refractivity contribution < 1.29 is 0 Å². The minimum absolute atomic E-state index is 1.03. The van der Waals surface area contributed by atoms with Crippen LogP contribution in [0.15, 0.2) is 0 Å². The van der Waals surface area contributed by atoms with Crippen LogP contribution in [0.5, 0.6) is 0 Å². The van der Waals surface area contributed by atoms with Crippen molar-refractivity contribution in [2.75, 3.05) is 26.2 Å². The highest BCUT2D eigenvalue weighted by Crippen LogP contribution is 1.89. The van der Waals surface area contributed by atoms with Crippen LogP contribution in [-0.2, 0) is 0 Å². The monoisotopic (exact) mass is 152 g/mol. The average Bonchev–Trinajstić information content (AvgIpc) is 2.07. The van der Waals surface area contributed by atoms with Gasteiger partial charge in [-0.15, -0.1) is 0 Å². The van der Waals surface area contributed by atoms with Gasteiger partial charge in [-0.2, -0.15) is 0 Å². The molecule has 1 fully saturated rings. The lowest BCUT2D eigenvalue weighted by Crippen LogP contribution is -2.40. The first kappa shape index (κ1) is 8.42. The van der Waals surface area contributed by atoms with E-state index < -0.39 is 0 Å². The normalized spacial score (nSPS) is 17.4. The van der Waals surface area contributed by atoms with E-state index in [1.54, 1.807) is 0 Å². The molecule has 0 radical (unpaired) electrons. The zero-order valence-corrected chi connectivity index (χ0v) is 7.19. The number of hydrogen-bond acceptors (Lipinski definition) is 2. The molecule has 1 rings (SSSR count). The van der Waals surface area contributed by atoms with Gasteiger partial charge in [-0.3, -0.25) is 0 Å². The van der Waals surface area contributed by atoms with Crippen molar-refractivity contribution >= 4 is 0 Å². The quantitative estimate of drug-likeness (QED) is 0.555. The van der Waals surface area contributed by atoms with E-state index in [2.05, 4.69) is 29.1 Å². The summed E-state index contributed by atoms with van der Waals surface area (Å²) in [6.07, 6.45) is 2.20. The average molecular weight is 152 g/mol. The van der Waals surface area contributed by atoms with Gasteiger partial charge >= 0.3 is 0 Å². The highest BCUT2D eigenvalue weighted by Gasteiger charge is 2.03. The Kier molecular flexibility index (Phi) is 3.85. The van der Waals surface area contributed by atoms with E-state index in [9.17, 15) is 0 Å². The molecule has 0 unspecified atom stereocenters. The number of unbranched alkanes of at least 4 members (excludes halogenated alkanes) is 1. The van der Waals surface area contributed by atoms with Crippen LogP contribution in [0.1, 0.15) is 19.8 Å². The van der Waals surface area contributed by atoms with E-state index in [1.165, 1.54) is 6.42 Å². The second-order valence-electron chi connectivity index (χ2n) is 2.78. The molecule has 2 heteroatoms. The minimum atomic E-state index is 1.03. The van der Waals surface area contributed by atoms with Crippen LogP contribution < -0.4 is 5.32 Å². The van der Waals surface area contributed by atoms with Crippen LogP contribution >= 0.6 is 0 Å². The third-order valence-electron chi connectivity index (χ3n) is 1.73. The van der Waals surface area contributed by atoms with Gasteiger partial charge in [0.25, 0.3) is 0 Å². The Morgan fingerprint density at radius 1 is 1.36 bits per heavy atom. The van der Waals surface area contributed by atoms with E-state index >= 15 is 0 Å². The molecule has 1 heterocycles. The minimum Gasteiger partial charge on any atom is -0.330 e. The summed E-state index contributed by atoms with van der Waals surface area (Å²) >= 11 is 0. The van der Waals surface area contributed by atoms with Crippen LogP contribution in [0.3, 0.4) is 0 Å². The van der Waals surface area contributed by atoms with Crippen molar-refractivity contribution in [3.05, 3.63) is 0 Å². The summed E-state index contributed by atoms with van der Waals surface area (Å²) in [5.41, 5.74) is 0. The SMILES string of the molecule is CCCC#CN1CCNCC1. The van der Waals surface area contributed by atoms with E-state index in [0.29, 0.717) is 0 Å². The van der Waals surface area contributed by atoms with Gasteiger partial charge in [0.2, 0.25) is 0 Å². The first-order chi connectivity index (χ1) is 5.43. The van der Waals surface area contributed by atoms with Crippen LogP contribution in [0.4, 0.5) is 0 Å². The van der Waals surface area contributed by atoms with E-state index in [1.807, 2.05) is 0 Å². The second-order valence-corrected chi connectivity index (χ2v) is 2.78. The van der Waals surface area contributed by atoms with Gasteiger partial charge in [-0.05, 0) is 6.42 Å². The number of nitrogens with zero attached hydrogens (tertiary/aromatic N) is 1. The van der Waals surface area contributed by atoms with E-state index in [-0.39, 0.29) is 0 Å². The summed E-state index contributed by atoms with van der Waals surface area (Å²) in [5.74, 6) is 3.15. The summed E-state index contributed by atoms with van der Waals surface area (Å²) in [6.45, 7) is 6.49. The van der Waals surface area contributed by atoms with E-state index in [0.717, 1.165) is 32.6 Å². The molecule has 0 atom stereocenters. The first-order valence-corrected chi connectivity index (χ1v) is 4.37. The number of hydrogen-bond donors (Lipinski definition) is 1. The largest absolute Gasteiger partial charge is 0.330 e. The predicted octanol–water partition coefficient (Wildman–Crippen LogP) is 0.653. The van der Waals surface area contributed by atoms with E-state index in [4.69, 9.17) is 0 Å². The standard InChI is InChI=1S/C9H16N2/c1-2-3-4-7-11-8-5-10-6-9-11/h10H,2-3,5-6,8-9H2,1H3. The molecule has 1 aliphatic rings. The molecular formula is C9H16N2. The maximum Gasteiger partial charge on any atom is 0.0386 e. The molecule has 1 saturated heterocycles. The lowest BCUT2D eigenvalue weighted by atomic mass is 10.3. The van der Waals surface area contributed by atoms with Gasteiger partial charge in [0.05, 0.1) is 0 Å². The molecule has 0 saturated carbocycles. The van der Waals surface area contributed by atoms with Crippen molar-refractivity contribution in [3.63, 3.8) is 0 Å². The number of rotatable bonds is 1. The zero-order valence-electron chi connectivity index (χ0n) is 7.19. The van der Waals surface area contributed by atoms with Crippen molar-refractivity contribution in [2.24, 2.45) is 0 Å². The molecule has 0 aromatic heterocycles. The van der Waals surface area contributed by atoms with Crippen molar-refractivity contribution in [2.45, 2.75) is 19.8 Å². The zero-order chi connectivity index (χ0) is 7.94. The summed E-state index contributed by atoms with van der Waals surface area (Å²) < 4.78 is 0. The fourth-order valence-electron chi connectivity index (χ4n) is 1.07. The summed E-state index contributed by atoms with van der Waals surface area (Å²) in [4.78, 5) is 2.20. The lowest BCUT2D eigenvalue weighted by molar-refractivity contribution is 0.341. The summed E-state index contributed by atoms with van der Waals surface area (Å²) in [5, 5.41) is 3.30. The number of piperazine rings is 1. The molecule has 0 spiro atoms. The Labute approximate surface area is 69.0 Å². The maximum atomic E-state index is 3.30. The Morgan fingerprint density at radius 2 is 2.09 bits per heavy atom. The van der Waals surface area contributed by atoms with Crippen molar-refractivity contribution in [3.8, 4) is 12.0 Å². The van der Waals surface area contributed by atoms with Crippen LogP contribution in [-0.4, -0.2) is 31.1 Å².